The van der Waals surface area contributed by atoms with E-state index in [2.05, 4.69) is 14.7 Å². The Labute approximate surface area is 125 Å². The second kappa shape index (κ2) is 6.12. The average Bonchev–Trinajstić information content (AvgIpc) is 2.46. The summed E-state index contributed by atoms with van der Waals surface area (Å²) in [5, 5.41) is 10.5. The third-order valence-corrected chi connectivity index (χ3v) is 4.07. The molecular weight excluding hydrogens is 320 g/mol. The summed E-state index contributed by atoms with van der Waals surface area (Å²) in [4.78, 5) is 17.0. The number of sulfonamides is 1. The summed E-state index contributed by atoms with van der Waals surface area (Å²) in [6.07, 6.45) is 2.18. The molecule has 0 amide bonds. The van der Waals surface area contributed by atoms with E-state index in [9.17, 15) is 18.5 Å². The minimum Gasteiger partial charge on any atom is -0.258 e. The summed E-state index contributed by atoms with van der Waals surface area (Å²) in [6, 6.07) is 5.54. The van der Waals surface area contributed by atoms with Crippen LogP contribution in [0, 0.1) is 10.1 Å². The number of nitro groups is 1. The molecule has 0 spiro atoms. The van der Waals surface area contributed by atoms with E-state index in [0.29, 0.717) is 5.56 Å². The van der Waals surface area contributed by atoms with Gasteiger partial charge in [0.1, 0.15) is 4.90 Å². The predicted octanol–water partition coefficient (Wildman–Crippen LogP) is 1.52. The quantitative estimate of drug-likeness (QED) is 0.505. The Morgan fingerprint density at radius 3 is 2.29 bits per heavy atom. The number of halogens is 1. The molecule has 0 aliphatic carbocycles. The van der Waals surface area contributed by atoms with Gasteiger partial charge < -0.3 is 0 Å². The lowest BCUT2D eigenvalue weighted by Crippen LogP contribution is -2.23. The minimum atomic E-state index is -3.77. The molecule has 0 aliphatic rings. The summed E-state index contributed by atoms with van der Waals surface area (Å²) >= 11 is 5.48. The number of nitrogens with one attached hydrogen (secondary N) is 1. The second-order valence-electron chi connectivity index (χ2n) is 3.94. The summed E-state index contributed by atoms with van der Waals surface area (Å²) in [5.74, 6) is 0. The Hall–Kier alpha value is -2.10. The second-order valence-corrected chi connectivity index (χ2v) is 6.04. The normalized spacial score (nSPS) is 11.3. The Bertz CT molecular complexity index is 747. The monoisotopic (exact) mass is 328 g/mol. The molecule has 0 aliphatic heterocycles. The van der Waals surface area contributed by atoms with E-state index < -0.39 is 14.9 Å². The summed E-state index contributed by atoms with van der Waals surface area (Å²) in [6.45, 7) is -0.0110. The lowest BCUT2D eigenvalue weighted by atomic mass is 10.2. The van der Waals surface area contributed by atoms with Gasteiger partial charge in [-0.1, -0.05) is 12.1 Å². The minimum absolute atomic E-state index is 0.0110. The molecule has 2 rings (SSSR count). The van der Waals surface area contributed by atoms with Crippen molar-refractivity contribution in [2.75, 3.05) is 0 Å². The SMILES string of the molecule is O=[N+]([O-])c1ccc(CNS(=O)(=O)c2cnc(Cl)nc2)cc1. The number of benzene rings is 1. The largest absolute Gasteiger partial charge is 0.269 e. The molecule has 10 heteroatoms. The van der Waals surface area contributed by atoms with Crippen LogP contribution in [-0.4, -0.2) is 23.3 Å². The molecule has 8 nitrogen and oxygen atoms in total. The zero-order chi connectivity index (χ0) is 15.5. The molecule has 0 radical (unpaired) electrons. The van der Waals surface area contributed by atoms with Gasteiger partial charge in [-0.05, 0) is 17.2 Å². The first-order valence-electron chi connectivity index (χ1n) is 5.59. The van der Waals surface area contributed by atoms with Crippen molar-refractivity contribution in [3.8, 4) is 0 Å². The number of nitrogens with zero attached hydrogens (tertiary/aromatic N) is 3. The van der Waals surface area contributed by atoms with Crippen LogP contribution in [0.2, 0.25) is 5.28 Å². The van der Waals surface area contributed by atoms with Gasteiger partial charge in [0.15, 0.2) is 0 Å². The fourth-order valence-electron chi connectivity index (χ4n) is 1.44. The number of hydrogen-bond acceptors (Lipinski definition) is 6. The molecule has 110 valence electrons. The number of rotatable bonds is 5. The van der Waals surface area contributed by atoms with Gasteiger partial charge in [-0.15, -0.1) is 0 Å². The van der Waals surface area contributed by atoms with Gasteiger partial charge in [0.05, 0.1) is 17.3 Å². The van der Waals surface area contributed by atoms with Crippen molar-refractivity contribution in [3.63, 3.8) is 0 Å². The molecule has 0 atom stereocenters. The molecule has 0 fully saturated rings. The maximum atomic E-state index is 11.9. The highest BCUT2D eigenvalue weighted by molar-refractivity contribution is 7.89. The predicted molar refractivity (Wildman–Crippen MR) is 74.2 cm³/mol. The molecule has 1 heterocycles. The van der Waals surface area contributed by atoms with Gasteiger partial charge in [0.2, 0.25) is 15.3 Å². The van der Waals surface area contributed by atoms with E-state index in [1.165, 1.54) is 24.3 Å². The molecule has 1 aromatic carbocycles. The van der Waals surface area contributed by atoms with Crippen molar-refractivity contribution in [1.29, 1.82) is 0 Å². The molecule has 2 aromatic rings. The molecular formula is C11H9ClN4O4S. The van der Waals surface area contributed by atoms with Gasteiger partial charge in [-0.3, -0.25) is 10.1 Å². The summed E-state index contributed by atoms with van der Waals surface area (Å²) in [5.41, 5.74) is 0.520. The first kappa shape index (κ1) is 15.3. The lowest BCUT2D eigenvalue weighted by molar-refractivity contribution is -0.384. The zero-order valence-electron chi connectivity index (χ0n) is 10.4. The van der Waals surface area contributed by atoms with E-state index in [0.717, 1.165) is 12.4 Å². The maximum Gasteiger partial charge on any atom is 0.269 e. The fraction of sp³-hybridized carbons (Fsp3) is 0.0909. The lowest BCUT2D eigenvalue weighted by Gasteiger charge is -2.06. The van der Waals surface area contributed by atoms with Crippen molar-refractivity contribution in [1.82, 2.24) is 14.7 Å². The van der Waals surface area contributed by atoms with Crippen LogP contribution in [0.1, 0.15) is 5.56 Å². The van der Waals surface area contributed by atoms with Crippen LogP contribution >= 0.6 is 11.6 Å². The maximum absolute atomic E-state index is 11.9. The molecule has 0 saturated heterocycles. The first-order chi connectivity index (χ1) is 9.88. The standard InChI is InChI=1S/C11H9ClN4O4S/c12-11-13-6-10(7-14-11)21(19,20)15-5-8-1-3-9(4-2-8)16(17)18/h1-4,6-7,15H,5H2. The van der Waals surface area contributed by atoms with E-state index in [4.69, 9.17) is 11.6 Å². The van der Waals surface area contributed by atoms with Crippen molar-refractivity contribution >= 4 is 27.3 Å². The van der Waals surface area contributed by atoms with Crippen molar-refractivity contribution in [3.05, 3.63) is 57.6 Å². The molecule has 0 unspecified atom stereocenters. The van der Waals surface area contributed by atoms with E-state index in [1.54, 1.807) is 0 Å². The Morgan fingerprint density at radius 2 is 1.76 bits per heavy atom. The topological polar surface area (TPSA) is 115 Å². The molecule has 21 heavy (non-hydrogen) atoms. The third-order valence-electron chi connectivity index (χ3n) is 2.52. The van der Waals surface area contributed by atoms with Gasteiger partial charge in [-0.2, -0.15) is 0 Å². The van der Waals surface area contributed by atoms with Crippen LogP contribution < -0.4 is 4.72 Å². The van der Waals surface area contributed by atoms with Gasteiger partial charge in [-0.25, -0.2) is 23.1 Å². The highest BCUT2D eigenvalue weighted by Gasteiger charge is 2.15. The zero-order valence-corrected chi connectivity index (χ0v) is 12.0. The highest BCUT2D eigenvalue weighted by Crippen LogP contribution is 2.13. The fourth-order valence-corrected chi connectivity index (χ4v) is 2.44. The highest BCUT2D eigenvalue weighted by atomic mass is 35.5. The number of hydrogen-bond donors (Lipinski definition) is 1. The Balaban J connectivity index is 2.08. The third kappa shape index (κ3) is 3.94. The van der Waals surface area contributed by atoms with Crippen LogP contribution in [0.15, 0.2) is 41.6 Å². The van der Waals surface area contributed by atoms with Crippen LogP contribution in [0.25, 0.3) is 0 Å². The summed E-state index contributed by atoms with van der Waals surface area (Å²) < 4.78 is 26.2. The Morgan fingerprint density at radius 1 is 1.19 bits per heavy atom. The van der Waals surface area contributed by atoms with Gasteiger partial charge in [0.25, 0.3) is 5.69 Å². The van der Waals surface area contributed by atoms with Gasteiger partial charge in [0, 0.05) is 18.7 Å². The number of nitro benzene ring substituents is 1. The smallest absolute Gasteiger partial charge is 0.258 e. The van der Waals surface area contributed by atoms with E-state index in [1.807, 2.05) is 0 Å². The molecule has 1 N–H and O–H groups in total. The molecule has 0 bridgehead atoms. The molecule has 0 saturated carbocycles. The van der Waals surface area contributed by atoms with Crippen LogP contribution in [0.3, 0.4) is 0 Å². The van der Waals surface area contributed by atoms with Gasteiger partial charge >= 0.3 is 0 Å². The Kier molecular flexibility index (Phi) is 4.46. The number of non-ortho nitro benzene ring substituents is 1. The van der Waals surface area contributed by atoms with Crippen LogP contribution in [0.4, 0.5) is 5.69 Å². The number of aromatic nitrogens is 2. The van der Waals surface area contributed by atoms with Crippen LogP contribution in [0.5, 0.6) is 0 Å². The van der Waals surface area contributed by atoms with Crippen molar-refractivity contribution in [2.24, 2.45) is 0 Å². The molecule has 1 aromatic heterocycles. The van der Waals surface area contributed by atoms with E-state index in [-0.39, 0.29) is 22.4 Å². The average molecular weight is 329 g/mol. The van der Waals surface area contributed by atoms with E-state index >= 15 is 0 Å². The first-order valence-corrected chi connectivity index (χ1v) is 7.45. The summed E-state index contributed by atoms with van der Waals surface area (Å²) in [7, 11) is -3.77. The van der Waals surface area contributed by atoms with Crippen LogP contribution in [-0.2, 0) is 16.6 Å². The van der Waals surface area contributed by atoms with Crippen molar-refractivity contribution < 1.29 is 13.3 Å². The van der Waals surface area contributed by atoms with Crippen molar-refractivity contribution in [2.45, 2.75) is 11.4 Å².